The quantitative estimate of drug-likeness (QED) is 0.811. The van der Waals surface area contributed by atoms with Crippen LogP contribution in [0.2, 0.25) is 0 Å². The molecule has 6 heteroatoms. The van der Waals surface area contributed by atoms with E-state index < -0.39 is 0 Å². The number of likely N-dealkylation sites (N-methyl/N-ethyl adjacent to an activating group) is 1. The molecule has 128 valence electrons. The summed E-state index contributed by atoms with van der Waals surface area (Å²) in [4.78, 5) is 16.6. The highest BCUT2D eigenvalue weighted by atomic mass is 35.5. The van der Waals surface area contributed by atoms with Gasteiger partial charge in [0.1, 0.15) is 5.76 Å². The van der Waals surface area contributed by atoms with E-state index in [1.54, 1.807) is 6.08 Å². The van der Waals surface area contributed by atoms with Gasteiger partial charge in [-0.3, -0.25) is 4.90 Å². The second kappa shape index (κ2) is 6.02. The molecular formula is C17H26ClN3O2. The number of nitrogens with one attached hydrogen (secondary N) is 1. The van der Waals surface area contributed by atoms with Crippen molar-refractivity contribution in [2.45, 2.75) is 49.9 Å². The van der Waals surface area contributed by atoms with Crippen molar-refractivity contribution in [2.75, 3.05) is 14.1 Å². The minimum absolute atomic E-state index is 0. The number of fused-ring (bicyclic) bond motifs is 3. The summed E-state index contributed by atoms with van der Waals surface area (Å²) in [6, 6.07) is 1.47. The third-order valence-corrected chi connectivity index (χ3v) is 6.04. The molecule has 23 heavy (non-hydrogen) atoms. The molecule has 5 nitrogen and oxygen atoms in total. The van der Waals surface area contributed by atoms with Crippen molar-refractivity contribution in [1.82, 2.24) is 15.1 Å². The maximum absolute atomic E-state index is 12.4. The van der Waals surface area contributed by atoms with Crippen molar-refractivity contribution >= 4 is 18.4 Å². The molecule has 1 saturated heterocycles. The van der Waals surface area contributed by atoms with Crippen LogP contribution in [0.1, 0.15) is 25.7 Å². The molecule has 3 fully saturated rings. The summed E-state index contributed by atoms with van der Waals surface area (Å²) in [5.74, 6) is 1.29. The minimum atomic E-state index is 0. The van der Waals surface area contributed by atoms with E-state index in [-0.39, 0.29) is 24.5 Å². The average Bonchev–Trinajstić information content (AvgIpc) is 3.21. The number of likely N-dealkylation sites (tertiary alicyclic amines) is 1. The van der Waals surface area contributed by atoms with Gasteiger partial charge in [0.15, 0.2) is 0 Å². The molecule has 0 aromatic rings. The van der Waals surface area contributed by atoms with Gasteiger partial charge in [-0.2, -0.15) is 0 Å². The van der Waals surface area contributed by atoms with Crippen molar-refractivity contribution in [1.29, 1.82) is 0 Å². The van der Waals surface area contributed by atoms with E-state index in [2.05, 4.69) is 23.3 Å². The van der Waals surface area contributed by atoms with E-state index in [1.807, 2.05) is 18.0 Å². The molecule has 2 N–H and O–H groups in total. The standard InChI is InChI=1S/C17H25N3O2.ClH/c1-19(10-3-4-10)17(22)18-14-7-6-12-13-9-11(21)5-8-15(13)20(2)16(12)14;/h5,8-10,12-16,21H,3-4,6-7H2,1-2H3,(H,18,22);1H. The molecule has 1 aliphatic heterocycles. The zero-order chi connectivity index (χ0) is 15.4. The summed E-state index contributed by atoms with van der Waals surface area (Å²) in [5.41, 5.74) is 0. The second-order valence-corrected chi connectivity index (χ2v) is 7.31. The number of aliphatic hydroxyl groups is 1. The summed E-state index contributed by atoms with van der Waals surface area (Å²) in [5, 5.41) is 13.1. The number of carbonyl (C=O) groups excluding carboxylic acids is 1. The first-order valence-electron chi connectivity index (χ1n) is 8.40. The van der Waals surface area contributed by atoms with Crippen molar-refractivity contribution in [3.63, 3.8) is 0 Å². The topological polar surface area (TPSA) is 55.8 Å². The Labute approximate surface area is 143 Å². The molecule has 5 atom stereocenters. The highest BCUT2D eigenvalue weighted by Gasteiger charge is 2.52. The number of hydrogen-bond donors (Lipinski definition) is 2. The number of aliphatic hydroxyl groups excluding tert-OH is 1. The summed E-state index contributed by atoms with van der Waals surface area (Å²) in [7, 11) is 4.05. The SMILES string of the molecule is CN(C(=O)NC1CCC2C3C=C(O)C=CC3N(C)C12)C1CC1.Cl. The van der Waals surface area contributed by atoms with Crippen LogP contribution in [0, 0.1) is 11.8 Å². The minimum Gasteiger partial charge on any atom is -0.508 e. The molecule has 2 saturated carbocycles. The van der Waals surface area contributed by atoms with E-state index in [4.69, 9.17) is 0 Å². The maximum Gasteiger partial charge on any atom is 0.317 e. The van der Waals surface area contributed by atoms with Gasteiger partial charge in [0, 0.05) is 37.1 Å². The fourth-order valence-corrected chi connectivity index (χ4v) is 4.72. The van der Waals surface area contributed by atoms with Crippen LogP contribution in [-0.4, -0.2) is 59.2 Å². The average molecular weight is 340 g/mol. The van der Waals surface area contributed by atoms with Gasteiger partial charge in [-0.25, -0.2) is 4.79 Å². The van der Waals surface area contributed by atoms with Crippen LogP contribution in [0.15, 0.2) is 24.0 Å². The zero-order valence-electron chi connectivity index (χ0n) is 13.7. The van der Waals surface area contributed by atoms with E-state index in [9.17, 15) is 9.90 Å². The van der Waals surface area contributed by atoms with Gasteiger partial charge in [0.25, 0.3) is 0 Å². The molecule has 5 unspecified atom stereocenters. The monoisotopic (exact) mass is 339 g/mol. The Bertz CT molecular complexity index is 546. The molecule has 0 radical (unpaired) electrons. The first-order chi connectivity index (χ1) is 10.6. The summed E-state index contributed by atoms with van der Waals surface area (Å²) in [6.45, 7) is 0. The maximum atomic E-state index is 12.4. The lowest BCUT2D eigenvalue weighted by Gasteiger charge is -2.31. The number of rotatable bonds is 2. The predicted molar refractivity (Wildman–Crippen MR) is 91.8 cm³/mol. The highest BCUT2D eigenvalue weighted by Crippen LogP contribution is 2.47. The van der Waals surface area contributed by atoms with Crippen LogP contribution in [0.3, 0.4) is 0 Å². The van der Waals surface area contributed by atoms with Gasteiger partial charge in [-0.15, -0.1) is 12.4 Å². The first-order valence-corrected chi connectivity index (χ1v) is 8.40. The fraction of sp³-hybridized carbons (Fsp3) is 0.706. The largest absolute Gasteiger partial charge is 0.508 e. The number of nitrogens with zero attached hydrogens (tertiary/aromatic N) is 2. The lowest BCUT2D eigenvalue weighted by Crippen LogP contribution is -2.51. The first kappa shape index (κ1) is 16.7. The van der Waals surface area contributed by atoms with Crippen molar-refractivity contribution in [3.05, 3.63) is 24.0 Å². The molecule has 4 aliphatic rings. The summed E-state index contributed by atoms with van der Waals surface area (Å²) < 4.78 is 0. The number of urea groups is 1. The molecule has 0 spiro atoms. The van der Waals surface area contributed by atoms with Crippen LogP contribution in [0.4, 0.5) is 4.79 Å². The Morgan fingerprint density at radius 2 is 2.09 bits per heavy atom. The van der Waals surface area contributed by atoms with E-state index in [1.165, 1.54) is 0 Å². The summed E-state index contributed by atoms with van der Waals surface area (Å²) >= 11 is 0. The Balaban J connectivity index is 0.00000156. The number of halogens is 1. The van der Waals surface area contributed by atoms with Crippen LogP contribution in [-0.2, 0) is 0 Å². The fourth-order valence-electron chi connectivity index (χ4n) is 4.72. The lowest BCUT2D eigenvalue weighted by molar-refractivity contribution is 0.185. The Morgan fingerprint density at radius 1 is 1.35 bits per heavy atom. The normalized spacial score (nSPS) is 38.3. The van der Waals surface area contributed by atoms with Crippen LogP contribution in [0.5, 0.6) is 0 Å². The number of allylic oxidation sites excluding steroid dienone is 1. The Hall–Kier alpha value is -1.20. The van der Waals surface area contributed by atoms with E-state index in [0.717, 1.165) is 25.7 Å². The Morgan fingerprint density at radius 3 is 2.78 bits per heavy atom. The molecule has 0 aromatic heterocycles. The van der Waals surface area contributed by atoms with Crippen LogP contribution < -0.4 is 5.32 Å². The molecule has 0 bridgehead atoms. The van der Waals surface area contributed by atoms with Crippen molar-refractivity contribution < 1.29 is 9.90 Å². The second-order valence-electron chi connectivity index (χ2n) is 7.31. The number of hydrogen-bond acceptors (Lipinski definition) is 3. The number of amides is 2. The van der Waals surface area contributed by atoms with Crippen LogP contribution in [0.25, 0.3) is 0 Å². The summed E-state index contributed by atoms with van der Waals surface area (Å²) in [6.07, 6.45) is 10.3. The third kappa shape index (κ3) is 2.74. The van der Waals surface area contributed by atoms with Gasteiger partial charge >= 0.3 is 6.03 Å². The third-order valence-electron chi connectivity index (χ3n) is 6.04. The van der Waals surface area contributed by atoms with Gasteiger partial charge in [0.2, 0.25) is 0 Å². The number of carbonyl (C=O) groups is 1. The van der Waals surface area contributed by atoms with Gasteiger partial charge in [0.05, 0.1) is 0 Å². The van der Waals surface area contributed by atoms with Crippen molar-refractivity contribution in [3.8, 4) is 0 Å². The molecule has 2 amide bonds. The van der Waals surface area contributed by atoms with Crippen LogP contribution >= 0.6 is 12.4 Å². The zero-order valence-corrected chi connectivity index (χ0v) is 14.5. The molecular weight excluding hydrogens is 314 g/mol. The molecule has 3 aliphatic carbocycles. The Kier molecular flexibility index (Phi) is 4.36. The van der Waals surface area contributed by atoms with Gasteiger partial charge < -0.3 is 15.3 Å². The highest BCUT2D eigenvalue weighted by molar-refractivity contribution is 5.85. The lowest BCUT2D eigenvalue weighted by atomic mass is 9.85. The molecule has 1 heterocycles. The van der Waals surface area contributed by atoms with E-state index in [0.29, 0.717) is 35.7 Å². The van der Waals surface area contributed by atoms with Gasteiger partial charge in [-0.05, 0) is 50.8 Å². The molecule has 0 aromatic carbocycles. The van der Waals surface area contributed by atoms with E-state index >= 15 is 0 Å². The predicted octanol–water partition coefficient (Wildman–Crippen LogP) is 2.30. The molecule has 4 rings (SSSR count). The van der Waals surface area contributed by atoms with Gasteiger partial charge in [-0.1, -0.05) is 6.08 Å². The van der Waals surface area contributed by atoms with Crippen molar-refractivity contribution in [2.24, 2.45) is 11.8 Å². The smallest absolute Gasteiger partial charge is 0.317 e.